The number of hydrogen-bond donors (Lipinski definition) is 1. The van der Waals surface area contributed by atoms with E-state index in [1.165, 1.54) is 22.0 Å². The summed E-state index contributed by atoms with van der Waals surface area (Å²) in [4.78, 5) is 10.2. The summed E-state index contributed by atoms with van der Waals surface area (Å²) in [5.74, 6) is 0.0794. The van der Waals surface area contributed by atoms with Gasteiger partial charge >= 0.3 is 5.69 Å². The van der Waals surface area contributed by atoms with Crippen LogP contribution in [0.25, 0.3) is 0 Å². The number of aryl methyl sites for hydroxylation is 2. The summed E-state index contributed by atoms with van der Waals surface area (Å²) in [6, 6.07) is 5.91. The molecule has 1 aromatic carbocycles. The van der Waals surface area contributed by atoms with Crippen molar-refractivity contribution in [2.24, 2.45) is 0 Å². The van der Waals surface area contributed by atoms with Gasteiger partial charge in [-0.15, -0.1) is 0 Å². The molecule has 0 spiro atoms. The van der Waals surface area contributed by atoms with Gasteiger partial charge in [0.2, 0.25) is 5.82 Å². The molecule has 6 nitrogen and oxygen atoms in total. The van der Waals surface area contributed by atoms with Gasteiger partial charge in [0.1, 0.15) is 6.20 Å². The van der Waals surface area contributed by atoms with Crippen LogP contribution in [-0.4, -0.2) is 14.7 Å². The molecule has 2 N–H and O–H groups in total. The summed E-state index contributed by atoms with van der Waals surface area (Å²) in [6.45, 7) is 5.98. The van der Waals surface area contributed by atoms with Crippen LogP contribution in [0.1, 0.15) is 29.7 Å². The lowest BCUT2D eigenvalue weighted by atomic mass is 10.0. The molecule has 0 amide bonds. The summed E-state index contributed by atoms with van der Waals surface area (Å²) < 4.78 is 1.47. The van der Waals surface area contributed by atoms with Crippen LogP contribution in [-0.2, 0) is 0 Å². The quantitative estimate of drug-likeness (QED) is 0.678. The number of nitrogens with two attached hydrogens (primary N) is 1. The fraction of sp³-hybridized carbons (Fsp3) is 0.308. The van der Waals surface area contributed by atoms with E-state index < -0.39 is 4.92 Å². The predicted molar refractivity (Wildman–Crippen MR) is 73.0 cm³/mol. The third-order valence-corrected chi connectivity index (χ3v) is 3.39. The van der Waals surface area contributed by atoms with Crippen LogP contribution in [0.2, 0.25) is 0 Å². The molecule has 1 atom stereocenters. The van der Waals surface area contributed by atoms with Crippen molar-refractivity contribution in [3.8, 4) is 0 Å². The van der Waals surface area contributed by atoms with Gasteiger partial charge in [-0.05, 0) is 37.5 Å². The second-order valence-corrected chi connectivity index (χ2v) is 4.64. The largest absolute Gasteiger partial charge is 0.378 e. The third kappa shape index (κ3) is 2.29. The normalized spacial score (nSPS) is 12.4. The Balaban J connectivity index is 2.41. The second-order valence-electron chi connectivity index (χ2n) is 4.64. The number of nitrogens with zero attached hydrogens (tertiary/aromatic N) is 3. The lowest BCUT2D eigenvalue weighted by molar-refractivity contribution is -0.384. The first-order valence-corrected chi connectivity index (χ1v) is 5.96. The van der Waals surface area contributed by atoms with Crippen molar-refractivity contribution < 1.29 is 4.92 Å². The maximum absolute atomic E-state index is 10.8. The van der Waals surface area contributed by atoms with E-state index in [1.54, 1.807) is 0 Å². The zero-order valence-corrected chi connectivity index (χ0v) is 11.1. The molecule has 100 valence electrons. The van der Waals surface area contributed by atoms with Gasteiger partial charge in [-0.2, -0.15) is 5.10 Å². The van der Waals surface area contributed by atoms with Gasteiger partial charge < -0.3 is 5.73 Å². The summed E-state index contributed by atoms with van der Waals surface area (Å²) in [6.07, 6.45) is 1.19. The minimum Gasteiger partial charge on any atom is -0.378 e. The maximum Gasteiger partial charge on any atom is 0.330 e. The summed E-state index contributed by atoms with van der Waals surface area (Å²) >= 11 is 0. The maximum atomic E-state index is 10.8. The first-order chi connectivity index (χ1) is 8.91. The molecule has 0 saturated heterocycles. The molecule has 0 fully saturated rings. The zero-order chi connectivity index (χ0) is 14.2. The highest BCUT2D eigenvalue weighted by Crippen LogP contribution is 2.27. The van der Waals surface area contributed by atoms with Crippen molar-refractivity contribution in [1.29, 1.82) is 0 Å². The Morgan fingerprint density at radius 1 is 1.37 bits per heavy atom. The predicted octanol–water partition coefficient (Wildman–Crippen LogP) is 2.60. The second kappa shape index (κ2) is 4.72. The van der Waals surface area contributed by atoms with E-state index in [0.29, 0.717) is 0 Å². The van der Waals surface area contributed by atoms with Crippen molar-refractivity contribution in [3.63, 3.8) is 0 Å². The van der Waals surface area contributed by atoms with Gasteiger partial charge in [0.05, 0.1) is 11.0 Å². The molecule has 0 bridgehead atoms. The van der Waals surface area contributed by atoms with Crippen LogP contribution in [0.15, 0.2) is 24.4 Å². The van der Waals surface area contributed by atoms with Crippen LogP contribution in [0.5, 0.6) is 0 Å². The number of aromatic nitrogens is 2. The van der Waals surface area contributed by atoms with Gasteiger partial charge in [-0.1, -0.05) is 18.2 Å². The number of rotatable bonds is 3. The van der Waals surface area contributed by atoms with Crippen molar-refractivity contribution in [3.05, 3.63) is 51.2 Å². The van der Waals surface area contributed by atoms with Gasteiger partial charge in [0.25, 0.3) is 0 Å². The number of hydrogen-bond acceptors (Lipinski definition) is 4. The first-order valence-electron chi connectivity index (χ1n) is 5.96. The minimum absolute atomic E-state index is 0.0794. The summed E-state index contributed by atoms with van der Waals surface area (Å²) in [5.41, 5.74) is 9.01. The van der Waals surface area contributed by atoms with Gasteiger partial charge in [-0.25, -0.2) is 4.68 Å². The van der Waals surface area contributed by atoms with Crippen molar-refractivity contribution in [2.75, 3.05) is 5.73 Å². The topological polar surface area (TPSA) is 87.0 Å². The molecule has 2 rings (SSSR count). The minimum atomic E-state index is -0.522. The smallest absolute Gasteiger partial charge is 0.330 e. The Bertz CT molecular complexity index is 634. The molecule has 0 aliphatic carbocycles. The number of nitro groups is 1. The monoisotopic (exact) mass is 260 g/mol. The van der Waals surface area contributed by atoms with Crippen LogP contribution in [0.4, 0.5) is 11.5 Å². The van der Waals surface area contributed by atoms with Crippen molar-refractivity contribution in [2.45, 2.75) is 26.8 Å². The SMILES string of the molecule is Cc1ccc(C(C)n2ncc([N+](=O)[O-])c2N)cc1C. The molecule has 0 aliphatic rings. The Hall–Kier alpha value is -2.37. The molecule has 0 aliphatic heterocycles. The van der Waals surface area contributed by atoms with Crippen LogP contribution in [0, 0.1) is 24.0 Å². The zero-order valence-electron chi connectivity index (χ0n) is 11.1. The Labute approximate surface area is 111 Å². The average Bonchev–Trinajstić information content (AvgIpc) is 2.74. The summed E-state index contributed by atoms with van der Waals surface area (Å²) in [5, 5.41) is 14.8. The van der Waals surface area contributed by atoms with Gasteiger partial charge in [-0.3, -0.25) is 10.1 Å². The van der Waals surface area contributed by atoms with Crippen LogP contribution in [0.3, 0.4) is 0 Å². The average molecular weight is 260 g/mol. The molecule has 2 aromatic rings. The first kappa shape index (κ1) is 13.1. The fourth-order valence-corrected chi connectivity index (χ4v) is 1.98. The molecular weight excluding hydrogens is 244 g/mol. The Kier molecular flexibility index (Phi) is 3.25. The van der Waals surface area contributed by atoms with Gasteiger partial charge in [0.15, 0.2) is 0 Å². The van der Waals surface area contributed by atoms with E-state index in [-0.39, 0.29) is 17.5 Å². The van der Waals surface area contributed by atoms with E-state index in [0.717, 1.165) is 5.56 Å². The number of nitrogen functional groups attached to an aromatic ring is 1. The highest BCUT2D eigenvalue weighted by atomic mass is 16.6. The molecule has 1 unspecified atom stereocenters. The highest BCUT2D eigenvalue weighted by Gasteiger charge is 2.21. The lowest BCUT2D eigenvalue weighted by Crippen LogP contribution is -2.12. The van der Waals surface area contributed by atoms with E-state index in [4.69, 9.17) is 5.73 Å². The molecule has 6 heteroatoms. The molecule has 1 aromatic heterocycles. The van der Waals surface area contributed by atoms with E-state index in [2.05, 4.69) is 5.10 Å². The molecule has 19 heavy (non-hydrogen) atoms. The summed E-state index contributed by atoms with van der Waals surface area (Å²) in [7, 11) is 0. The van der Waals surface area contributed by atoms with Crippen molar-refractivity contribution >= 4 is 11.5 Å². The molecule has 1 heterocycles. The lowest BCUT2D eigenvalue weighted by Gasteiger charge is -2.15. The number of anilines is 1. The van der Waals surface area contributed by atoms with E-state index in [9.17, 15) is 10.1 Å². The third-order valence-electron chi connectivity index (χ3n) is 3.39. The Morgan fingerprint density at radius 2 is 2.05 bits per heavy atom. The standard InChI is InChI=1S/C13H16N4O2/c1-8-4-5-11(6-9(8)2)10(3)16-13(14)12(7-15-16)17(18)19/h4-7,10H,14H2,1-3H3. The van der Waals surface area contributed by atoms with Crippen molar-refractivity contribution in [1.82, 2.24) is 9.78 Å². The molecular formula is C13H16N4O2. The van der Waals surface area contributed by atoms with E-state index in [1.807, 2.05) is 39.0 Å². The molecule has 0 saturated carbocycles. The Morgan fingerprint density at radius 3 is 2.58 bits per heavy atom. The van der Waals surface area contributed by atoms with E-state index >= 15 is 0 Å². The van der Waals surface area contributed by atoms with Gasteiger partial charge in [0, 0.05) is 0 Å². The number of benzene rings is 1. The van der Waals surface area contributed by atoms with Crippen LogP contribution < -0.4 is 5.73 Å². The highest BCUT2D eigenvalue weighted by molar-refractivity contribution is 5.52. The molecule has 0 radical (unpaired) electrons. The van der Waals surface area contributed by atoms with Crippen LogP contribution >= 0.6 is 0 Å². The fourth-order valence-electron chi connectivity index (χ4n) is 1.98.